The normalized spacial score (nSPS) is 10.4. The number of para-hydroxylation sites is 1. The Bertz CT molecular complexity index is 496. The summed E-state index contributed by atoms with van der Waals surface area (Å²) in [6.07, 6.45) is 0. The van der Waals surface area contributed by atoms with Crippen LogP contribution in [-0.2, 0) is 0 Å². The highest BCUT2D eigenvalue weighted by molar-refractivity contribution is 7.71. The molecule has 2 rings (SSSR count). The van der Waals surface area contributed by atoms with E-state index in [1.165, 1.54) is 10.7 Å². The monoisotopic (exact) mass is 210 g/mol. The first-order valence-corrected chi connectivity index (χ1v) is 4.36. The zero-order chi connectivity index (χ0) is 10.1. The molecule has 1 heterocycles. The molecule has 0 saturated carbocycles. The van der Waals surface area contributed by atoms with Gasteiger partial charge in [0.25, 0.3) is 0 Å². The summed E-state index contributed by atoms with van der Waals surface area (Å²) in [7, 11) is 0. The molecule has 0 radical (unpaired) electrons. The number of hydrogen-bond acceptors (Lipinski definition) is 3. The summed E-state index contributed by atoms with van der Waals surface area (Å²) >= 11 is 4.88. The summed E-state index contributed by atoms with van der Waals surface area (Å²) in [6.45, 7) is 1.79. The first kappa shape index (κ1) is 9.01. The van der Waals surface area contributed by atoms with Crippen molar-refractivity contribution >= 4 is 12.2 Å². The Labute approximate surface area is 84.4 Å². The summed E-state index contributed by atoms with van der Waals surface area (Å²) in [5.41, 5.74) is 1.13. The van der Waals surface area contributed by atoms with Gasteiger partial charge in [-0.25, -0.2) is 9.07 Å². The Morgan fingerprint density at radius 3 is 2.86 bits per heavy atom. The molecule has 1 N–H and O–H groups in total. The van der Waals surface area contributed by atoms with Gasteiger partial charge in [0.05, 0.1) is 0 Å². The number of H-pyrrole nitrogens is 1. The molecule has 0 fully saturated rings. The maximum absolute atomic E-state index is 13.5. The van der Waals surface area contributed by atoms with E-state index in [0.29, 0.717) is 5.69 Å². The smallest absolute Gasteiger partial charge is 0.206 e. The second kappa shape index (κ2) is 3.30. The summed E-state index contributed by atoms with van der Waals surface area (Å²) in [6, 6.07) is 4.80. The van der Waals surface area contributed by atoms with Crippen LogP contribution in [0.3, 0.4) is 0 Å². The highest BCUT2D eigenvalue weighted by Crippen LogP contribution is 2.16. The quantitative estimate of drug-likeness (QED) is 0.730. The number of nitrogens with one attached hydrogen (secondary N) is 1. The van der Waals surface area contributed by atoms with Crippen molar-refractivity contribution in [2.24, 2.45) is 0 Å². The molecule has 0 unspecified atom stereocenters. The Morgan fingerprint density at radius 2 is 2.29 bits per heavy atom. The molecule has 0 saturated heterocycles. The standard InChI is InChI=1S/C8H7FN4S/c1-5-3-2-4-6(9)7(5)13-8(14)10-11-12-13/h2-4H,1H3,(H,10,12,14). The van der Waals surface area contributed by atoms with Gasteiger partial charge in [0.2, 0.25) is 4.77 Å². The maximum atomic E-state index is 13.5. The molecule has 4 nitrogen and oxygen atoms in total. The number of halogens is 1. The van der Waals surface area contributed by atoms with Crippen LogP contribution in [0.4, 0.5) is 4.39 Å². The van der Waals surface area contributed by atoms with Crippen LogP contribution >= 0.6 is 12.2 Å². The minimum atomic E-state index is -0.354. The minimum absolute atomic E-state index is 0.207. The van der Waals surface area contributed by atoms with Crippen LogP contribution in [0.5, 0.6) is 0 Å². The number of aromatic amines is 1. The summed E-state index contributed by atoms with van der Waals surface area (Å²) < 4.78 is 15.0. The Kier molecular flexibility index (Phi) is 2.12. The van der Waals surface area contributed by atoms with Gasteiger partial charge in [-0.05, 0) is 30.8 Å². The van der Waals surface area contributed by atoms with E-state index in [1.54, 1.807) is 19.1 Å². The number of aromatic nitrogens is 4. The molecule has 0 atom stereocenters. The number of rotatable bonds is 1. The van der Waals surface area contributed by atoms with E-state index in [-0.39, 0.29) is 10.6 Å². The van der Waals surface area contributed by atoms with Crippen LogP contribution in [0.15, 0.2) is 18.2 Å². The summed E-state index contributed by atoms with van der Waals surface area (Å²) in [5, 5.41) is 9.59. The van der Waals surface area contributed by atoms with Gasteiger partial charge in [0.1, 0.15) is 11.5 Å². The third kappa shape index (κ3) is 1.33. The molecular weight excluding hydrogens is 203 g/mol. The van der Waals surface area contributed by atoms with Crippen molar-refractivity contribution in [3.8, 4) is 5.69 Å². The molecule has 0 aliphatic heterocycles. The van der Waals surface area contributed by atoms with Crippen molar-refractivity contribution in [2.45, 2.75) is 6.92 Å². The minimum Gasteiger partial charge on any atom is -0.206 e. The van der Waals surface area contributed by atoms with E-state index >= 15 is 0 Å². The predicted octanol–water partition coefficient (Wildman–Crippen LogP) is 1.77. The van der Waals surface area contributed by atoms with Gasteiger partial charge in [-0.15, -0.1) is 0 Å². The summed E-state index contributed by atoms with van der Waals surface area (Å²) in [4.78, 5) is 0. The molecule has 0 bridgehead atoms. The zero-order valence-electron chi connectivity index (χ0n) is 7.36. The first-order valence-electron chi connectivity index (χ1n) is 3.96. The fourth-order valence-electron chi connectivity index (χ4n) is 1.25. The molecule has 0 aliphatic rings. The molecule has 6 heteroatoms. The second-order valence-electron chi connectivity index (χ2n) is 2.82. The topological polar surface area (TPSA) is 46.5 Å². The van der Waals surface area contributed by atoms with Crippen molar-refractivity contribution < 1.29 is 4.39 Å². The molecule has 0 amide bonds. The lowest BCUT2D eigenvalue weighted by Crippen LogP contribution is -2.02. The molecule has 0 spiro atoms. The molecule has 2 aromatic rings. The highest BCUT2D eigenvalue weighted by atomic mass is 32.1. The predicted molar refractivity (Wildman–Crippen MR) is 51.2 cm³/mol. The number of benzene rings is 1. The Hall–Kier alpha value is -1.56. The van der Waals surface area contributed by atoms with E-state index in [2.05, 4.69) is 15.5 Å². The van der Waals surface area contributed by atoms with Gasteiger partial charge in [-0.2, -0.15) is 5.21 Å². The van der Waals surface area contributed by atoms with Crippen LogP contribution in [0.1, 0.15) is 5.56 Å². The molecule has 14 heavy (non-hydrogen) atoms. The van der Waals surface area contributed by atoms with Crippen molar-refractivity contribution in [2.75, 3.05) is 0 Å². The van der Waals surface area contributed by atoms with E-state index in [9.17, 15) is 4.39 Å². The SMILES string of the molecule is Cc1cccc(F)c1-n1[nH]nnc1=S. The van der Waals surface area contributed by atoms with Crippen LogP contribution in [0, 0.1) is 17.5 Å². The maximum Gasteiger partial charge on any atom is 0.243 e. The lowest BCUT2D eigenvalue weighted by atomic mass is 10.2. The van der Waals surface area contributed by atoms with Gasteiger partial charge in [0.15, 0.2) is 0 Å². The van der Waals surface area contributed by atoms with E-state index < -0.39 is 0 Å². The van der Waals surface area contributed by atoms with Gasteiger partial charge < -0.3 is 0 Å². The van der Waals surface area contributed by atoms with Crippen LogP contribution < -0.4 is 0 Å². The molecule has 0 aliphatic carbocycles. The van der Waals surface area contributed by atoms with Crippen LogP contribution in [-0.4, -0.2) is 20.2 Å². The van der Waals surface area contributed by atoms with Gasteiger partial charge >= 0.3 is 0 Å². The third-order valence-electron chi connectivity index (χ3n) is 1.88. The van der Waals surface area contributed by atoms with Crippen molar-refractivity contribution in [1.29, 1.82) is 0 Å². The fourth-order valence-corrected chi connectivity index (χ4v) is 1.42. The van der Waals surface area contributed by atoms with Crippen molar-refractivity contribution in [3.63, 3.8) is 0 Å². The Morgan fingerprint density at radius 1 is 1.50 bits per heavy atom. The van der Waals surface area contributed by atoms with Gasteiger partial charge in [-0.3, -0.25) is 0 Å². The molecule has 1 aromatic heterocycles. The van der Waals surface area contributed by atoms with Crippen LogP contribution in [0.25, 0.3) is 5.69 Å². The van der Waals surface area contributed by atoms with E-state index in [1.807, 2.05) is 0 Å². The first-order chi connectivity index (χ1) is 6.70. The zero-order valence-corrected chi connectivity index (χ0v) is 8.18. The van der Waals surface area contributed by atoms with E-state index in [0.717, 1.165) is 5.56 Å². The third-order valence-corrected chi connectivity index (χ3v) is 2.15. The molecule has 72 valence electrons. The molecular formula is C8H7FN4S. The van der Waals surface area contributed by atoms with Gasteiger partial charge in [0, 0.05) is 0 Å². The molecule has 1 aromatic carbocycles. The Balaban J connectivity index is 2.74. The highest BCUT2D eigenvalue weighted by Gasteiger charge is 2.08. The lowest BCUT2D eigenvalue weighted by Gasteiger charge is -2.05. The second-order valence-corrected chi connectivity index (χ2v) is 3.19. The number of nitrogens with zero attached hydrogens (tertiary/aromatic N) is 3. The fraction of sp³-hybridized carbons (Fsp3) is 0.125. The number of hydrogen-bond donors (Lipinski definition) is 1. The largest absolute Gasteiger partial charge is 0.243 e. The summed E-state index contributed by atoms with van der Waals surface area (Å²) in [5.74, 6) is -0.354. The number of aryl methyl sites for hydroxylation is 1. The van der Waals surface area contributed by atoms with Crippen molar-refractivity contribution in [1.82, 2.24) is 20.2 Å². The average Bonchev–Trinajstić information content (AvgIpc) is 2.52. The number of tetrazole rings is 1. The van der Waals surface area contributed by atoms with Gasteiger partial charge in [-0.1, -0.05) is 22.4 Å². The van der Waals surface area contributed by atoms with Crippen LogP contribution in [0.2, 0.25) is 0 Å². The average molecular weight is 210 g/mol. The van der Waals surface area contributed by atoms with Crippen molar-refractivity contribution in [3.05, 3.63) is 34.4 Å². The lowest BCUT2D eigenvalue weighted by molar-refractivity contribution is 0.604. The van der Waals surface area contributed by atoms with E-state index in [4.69, 9.17) is 12.2 Å².